The minimum absolute atomic E-state index is 0.550. The summed E-state index contributed by atoms with van der Waals surface area (Å²) in [4.78, 5) is 0. The molecule has 1 aliphatic rings. The van der Waals surface area contributed by atoms with E-state index in [-0.39, 0.29) is 0 Å². The number of nitrogens with zero attached hydrogens (tertiary/aromatic N) is 2. The van der Waals surface area contributed by atoms with Crippen LogP contribution in [0.2, 0.25) is 0 Å². The van der Waals surface area contributed by atoms with Crippen LogP contribution in [0.1, 0.15) is 19.4 Å². The Kier molecular flexibility index (Phi) is 2.13. The van der Waals surface area contributed by atoms with Crippen molar-refractivity contribution in [3.05, 3.63) is 18.5 Å². The standard InChI is InChI=1S/C9H15N3/c1-8-3-5-10-7-9(8)12-6-2-4-11-12/h2,4,6,8-10H,3,5,7H2,1H3. The number of piperidine rings is 1. The third-order valence-electron chi connectivity index (χ3n) is 2.65. The van der Waals surface area contributed by atoms with Crippen LogP contribution in [0.4, 0.5) is 0 Å². The van der Waals surface area contributed by atoms with Crippen molar-refractivity contribution >= 4 is 0 Å². The van der Waals surface area contributed by atoms with Gasteiger partial charge in [-0.05, 0) is 24.9 Å². The van der Waals surface area contributed by atoms with Gasteiger partial charge >= 0.3 is 0 Å². The van der Waals surface area contributed by atoms with Crippen LogP contribution in [0.5, 0.6) is 0 Å². The van der Waals surface area contributed by atoms with E-state index < -0.39 is 0 Å². The maximum absolute atomic E-state index is 4.27. The minimum Gasteiger partial charge on any atom is -0.315 e. The van der Waals surface area contributed by atoms with Crippen LogP contribution < -0.4 is 5.32 Å². The number of hydrogen-bond donors (Lipinski definition) is 1. The maximum atomic E-state index is 4.27. The van der Waals surface area contributed by atoms with Crippen molar-refractivity contribution in [3.63, 3.8) is 0 Å². The van der Waals surface area contributed by atoms with Gasteiger partial charge in [-0.15, -0.1) is 0 Å². The normalized spacial score (nSPS) is 30.4. The predicted molar refractivity (Wildman–Crippen MR) is 47.9 cm³/mol. The fraction of sp³-hybridized carbons (Fsp3) is 0.667. The van der Waals surface area contributed by atoms with Gasteiger partial charge in [-0.25, -0.2) is 0 Å². The summed E-state index contributed by atoms with van der Waals surface area (Å²) in [6, 6.07) is 2.54. The molecule has 1 aliphatic heterocycles. The average Bonchev–Trinajstić information content (AvgIpc) is 2.57. The van der Waals surface area contributed by atoms with Crippen LogP contribution in [-0.4, -0.2) is 22.9 Å². The largest absolute Gasteiger partial charge is 0.315 e. The molecule has 12 heavy (non-hydrogen) atoms. The van der Waals surface area contributed by atoms with E-state index in [0.29, 0.717) is 6.04 Å². The van der Waals surface area contributed by atoms with Gasteiger partial charge in [-0.2, -0.15) is 5.10 Å². The lowest BCUT2D eigenvalue weighted by Gasteiger charge is -2.29. The van der Waals surface area contributed by atoms with Crippen molar-refractivity contribution in [3.8, 4) is 0 Å². The van der Waals surface area contributed by atoms with Crippen LogP contribution in [0, 0.1) is 5.92 Å². The molecular weight excluding hydrogens is 150 g/mol. The summed E-state index contributed by atoms with van der Waals surface area (Å²) in [6.07, 6.45) is 5.15. The van der Waals surface area contributed by atoms with E-state index in [9.17, 15) is 0 Å². The van der Waals surface area contributed by atoms with Gasteiger partial charge in [0.05, 0.1) is 6.04 Å². The monoisotopic (exact) mass is 165 g/mol. The van der Waals surface area contributed by atoms with Crippen molar-refractivity contribution in [2.45, 2.75) is 19.4 Å². The van der Waals surface area contributed by atoms with E-state index in [0.717, 1.165) is 19.0 Å². The second-order valence-corrected chi connectivity index (χ2v) is 3.52. The van der Waals surface area contributed by atoms with Gasteiger partial charge in [0.2, 0.25) is 0 Å². The van der Waals surface area contributed by atoms with Crippen LogP contribution >= 0.6 is 0 Å². The van der Waals surface area contributed by atoms with E-state index in [4.69, 9.17) is 0 Å². The second kappa shape index (κ2) is 3.27. The highest BCUT2D eigenvalue weighted by Crippen LogP contribution is 2.21. The van der Waals surface area contributed by atoms with Crippen LogP contribution in [0.25, 0.3) is 0 Å². The Morgan fingerprint density at radius 2 is 2.50 bits per heavy atom. The summed E-state index contributed by atoms with van der Waals surface area (Å²) in [5.74, 6) is 0.742. The minimum atomic E-state index is 0.550. The Labute approximate surface area is 72.8 Å². The molecule has 1 aromatic rings. The summed E-state index contributed by atoms with van der Waals surface area (Å²) in [6.45, 7) is 4.51. The molecule has 0 radical (unpaired) electrons. The van der Waals surface area contributed by atoms with Crippen LogP contribution in [0.3, 0.4) is 0 Å². The van der Waals surface area contributed by atoms with E-state index in [1.165, 1.54) is 6.42 Å². The van der Waals surface area contributed by atoms with Gasteiger partial charge in [-0.3, -0.25) is 4.68 Å². The molecule has 0 aliphatic carbocycles. The molecule has 0 bridgehead atoms. The van der Waals surface area contributed by atoms with Gasteiger partial charge in [-0.1, -0.05) is 6.92 Å². The highest BCUT2D eigenvalue weighted by Gasteiger charge is 2.22. The van der Waals surface area contributed by atoms with Crippen LogP contribution in [-0.2, 0) is 0 Å². The summed E-state index contributed by atoms with van der Waals surface area (Å²) < 4.78 is 2.07. The highest BCUT2D eigenvalue weighted by atomic mass is 15.3. The van der Waals surface area contributed by atoms with Gasteiger partial charge in [0.15, 0.2) is 0 Å². The predicted octanol–water partition coefficient (Wildman–Crippen LogP) is 1.05. The van der Waals surface area contributed by atoms with Crippen molar-refractivity contribution in [2.75, 3.05) is 13.1 Å². The Bertz CT molecular complexity index is 230. The Balaban J connectivity index is 2.11. The smallest absolute Gasteiger partial charge is 0.0669 e. The van der Waals surface area contributed by atoms with Crippen molar-refractivity contribution in [2.24, 2.45) is 5.92 Å². The second-order valence-electron chi connectivity index (χ2n) is 3.52. The lowest BCUT2D eigenvalue weighted by atomic mass is 9.95. The summed E-state index contributed by atoms with van der Waals surface area (Å²) in [5, 5.41) is 7.66. The maximum Gasteiger partial charge on any atom is 0.0669 e. The first-order valence-electron chi connectivity index (χ1n) is 4.58. The Hall–Kier alpha value is -0.830. The Morgan fingerprint density at radius 3 is 3.17 bits per heavy atom. The molecule has 2 rings (SSSR count). The third-order valence-corrected chi connectivity index (χ3v) is 2.65. The number of nitrogens with one attached hydrogen (secondary N) is 1. The number of rotatable bonds is 1. The lowest BCUT2D eigenvalue weighted by Crippen LogP contribution is -2.37. The summed E-state index contributed by atoms with van der Waals surface area (Å²) in [5.41, 5.74) is 0. The zero-order chi connectivity index (χ0) is 8.39. The first-order chi connectivity index (χ1) is 5.88. The molecule has 0 saturated carbocycles. The fourth-order valence-electron chi connectivity index (χ4n) is 1.80. The molecule has 0 aromatic carbocycles. The van der Waals surface area contributed by atoms with Crippen molar-refractivity contribution in [1.82, 2.24) is 15.1 Å². The van der Waals surface area contributed by atoms with Crippen LogP contribution in [0.15, 0.2) is 18.5 Å². The van der Waals surface area contributed by atoms with E-state index >= 15 is 0 Å². The SMILES string of the molecule is CC1CCNCC1n1cccn1. The molecular formula is C9H15N3. The molecule has 2 atom stereocenters. The average molecular weight is 165 g/mol. The van der Waals surface area contributed by atoms with E-state index in [1.54, 1.807) is 0 Å². The van der Waals surface area contributed by atoms with E-state index in [2.05, 4.69) is 22.0 Å². The molecule has 0 amide bonds. The third kappa shape index (κ3) is 1.37. The molecule has 2 unspecified atom stereocenters. The topological polar surface area (TPSA) is 29.9 Å². The Morgan fingerprint density at radius 1 is 1.58 bits per heavy atom. The lowest BCUT2D eigenvalue weighted by molar-refractivity contribution is 0.256. The van der Waals surface area contributed by atoms with Crippen molar-refractivity contribution < 1.29 is 0 Å². The van der Waals surface area contributed by atoms with Gasteiger partial charge in [0, 0.05) is 18.9 Å². The molecule has 66 valence electrons. The van der Waals surface area contributed by atoms with Gasteiger partial charge in [0.25, 0.3) is 0 Å². The fourth-order valence-corrected chi connectivity index (χ4v) is 1.80. The first kappa shape index (κ1) is 7.80. The van der Waals surface area contributed by atoms with Crippen molar-refractivity contribution in [1.29, 1.82) is 0 Å². The molecule has 1 saturated heterocycles. The molecule has 1 N–H and O–H groups in total. The van der Waals surface area contributed by atoms with Gasteiger partial charge < -0.3 is 5.32 Å². The van der Waals surface area contributed by atoms with E-state index in [1.807, 2.05) is 18.5 Å². The number of hydrogen-bond acceptors (Lipinski definition) is 2. The molecule has 3 heteroatoms. The zero-order valence-corrected chi connectivity index (χ0v) is 7.40. The molecule has 1 aromatic heterocycles. The number of aromatic nitrogens is 2. The zero-order valence-electron chi connectivity index (χ0n) is 7.40. The molecule has 3 nitrogen and oxygen atoms in total. The molecule has 2 heterocycles. The highest BCUT2D eigenvalue weighted by molar-refractivity contribution is 4.86. The molecule has 1 fully saturated rings. The molecule has 0 spiro atoms. The summed E-state index contributed by atoms with van der Waals surface area (Å²) >= 11 is 0. The quantitative estimate of drug-likeness (QED) is 0.674. The first-order valence-corrected chi connectivity index (χ1v) is 4.58. The van der Waals surface area contributed by atoms with Gasteiger partial charge in [0.1, 0.15) is 0 Å². The summed E-state index contributed by atoms with van der Waals surface area (Å²) in [7, 11) is 0.